The first kappa shape index (κ1) is 14.6. The molecule has 1 aromatic heterocycles. The van der Waals surface area contributed by atoms with Crippen molar-refractivity contribution in [2.45, 2.75) is 5.88 Å². The number of aromatic nitrogens is 2. The SMILES string of the molecule is COc1cc(Br)c(Oc2cncc(CCl)n2)cc1Br. The number of hydrogen-bond donors (Lipinski definition) is 0. The highest BCUT2D eigenvalue weighted by Gasteiger charge is 2.10. The summed E-state index contributed by atoms with van der Waals surface area (Å²) in [7, 11) is 1.60. The molecule has 0 fully saturated rings. The normalized spacial score (nSPS) is 10.3. The van der Waals surface area contributed by atoms with Crippen LogP contribution in [0.25, 0.3) is 0 Å². The van der Waals surface area contributed by atoms with Crippen molar-refractivity contribution in [2.75, 3.05) is 7.11 Å². The molecule has 2 aromatic rings. The molecule has 4 nitrogen and oxygen atoms in total. The Morgan fingerprint density at radius 3 is 2.53 bits per heavy atom. The molecular weight excluding hydrogens is 399 g/mol. The molecule has 19 heavy (non-hydrogen) atoms. The molecule has 0 saturated carbocycles. The smallest absolute Gasteiger partial charge is 0.238 e. The second-order valence-electron chi connectivity index (χ2n) is 3.50. The Balaban J connectivity index is 2.30. The van der Waals surface area contributed by atoms with Gasteiger partial charge in [-0.05, 0) is 44.0 Å². The fraction of sp³-hybridized carbons (Fsp3) is 0.167. The molecule has 0 radical (unpaired) electrons. The quantitative estimate of drug-likeness (QED) is 0.697. The zero-order valence-electron chi connectivity index (χ0n) is 9.86. The van der Waals surface area contributed by atoms with E-state index in [-0.39, 0.29) is 5.88 Å². The van der Waals surface area contributed by atoms with Crippen molar-refractivity contribution in [3.05, 3.63) is 39.2 Å². The second kappa shape index (κ2) is 6.54. The highest BCUT2D eigenvalue weighted by molar-refractivity contribution is 9.11. The monoisotopic (exact) mass is 406 g/mol. The molecule has 0 N–H and O–H groups in total. The molecule has 7 heteroatoms. The van der Waals surface area contributed by atoms with E-state index in [4.69, 9.17) is 21.1 Å². The van der Waals surface area contributed by atoms with Crippen LogP contribution in [0.3, 0.4) is 0 Å². The van der Waals surface area contributed by atoms with Gasteiger partial charge in [-0.1, -0.05) is 0 Å². The highest BCUT2D eigenvalue weighted by atomic mass is 79.9. The Bertz CT molecular complexity index is 596. The summed E-state index contributed by atoms with van der Waals surface area (Å²) >= 11 is 12.5. The third-order valence-corrected chi connectivity index (χ3v) is 3.73. The predicted octanol–water partition coefficient (Wildman–Crippen LogP) is 4.54. The Kier molecular flexibility index (Phi) is 5.01. The molecule has 0 spiro atoms. The molecule has 1 heterocycles. The van der Waals surface area contributed by atoms with Gasteiger partial charge in [-0.2, -0.15) is 0 Å². The van der Waals surface area contributed by atoms with Crippen molar-refractivity contribution in [2.24, 2.45) is 0 Å². The summed E-state index contributed by atoms with van der Waals surface area (Å²) in [4.78, 5) is 8.23. The molecule has 1 aromatic carbocycles. The zero-order valence-corrected chi connectivity index (χ0v) is 13.8. The zero-order chi connectivity index (χ0) is 13.8. The lowest BCUT2D eigenvalue weighted by Gasteiger charge is -2.10. The van der Waals surface area contributed by atoms with Crippen LogP contribution in [-0.4, -0.2) is 17.1 Å². The lowest BCUT2D eigenvalue weighted by Crippen LogP contribution is -1.94. The fourth-order valence-electron chi connectivity index (χ4n) is 1.36. The summed E-state index contributed by atoms with van der Waals surface area (Å²) < 4.78 is 12.4. The standard InChI is InChI=1S/C12H9Br2ClN2O2/c1-18-10-2-9(14)11(3-8(10)13)19-12-6-16-5-7(4-15)17-12/h2-3,5-6H,4H2,1H3. The highest BCUT2D eigenvalue weighted by Crippen LogP contribution is 2.37. The summed E-state index contributed by atoms with van der Waals surface area (Å²) in [6.45, 7) is 0. The van der Waals surface area contributed by atoms with Gasteiger partial charge in [0.15, 0.2) is 0 Å². The van der Waals surface area contributed by atoms with Gasteiger partial charge in [0.2, 0.25) is 5.88 Å². The van der Waals surface area contributed by atoms with Crippen LogP contribution in [0.4, 0.5) is 0 Å². The molecule has 0 aliphatic rings. The summed E-state index contributed by atoms with van der Waals surface area (Å²) in [5.74, 6) is 1.99. The van der Waals surface area contributed by atoms with E-state index in [0.29, 0.717) is 23.1 Å². The third-order valence-electron chi connectivity index (χ3n) is 2.22. The van der Waals surface area contributed by atoms with Gasteiger partial charge in [0.25, 0.3) is 0 Å². The number of rotatable bonds is 4. The molecule has 0 bridgehead atoms. The van der Waals surface area contributed by atoms with E-state index in [9.17, 15) is 0 Å². The summed E-state index contributed by atoms with van der Waals surface area (Å²) in [5, 5.41) is 0. The molecule has 0 aliphatic carbocycles. The predicted molar refractivity (Wildman–Crippen MR) is 80.1 cm³/mol. The van der Waals surface area contributed by atoms with Crippen molar-refractivity contribution in [1.82, 2.24) is 9.97 Å². The topological polar surface area (TPSA) is 44.2 Å². The molecule has 100 valence electrons. The molecule has 0 amide bonds. The van der Waals surface area contributed by atoms with E-state index in [2.05, 4.69) is 41.8 Å². The molecule has 0 unspecified atom stereocenters. The number of alkyl halides is 1. The van der Waals surface area contributed by atoms with Gasteiger partial charge >= 0.3 is 0 Å². The van der Waals surface area contributed by atoms with Gasteiger partial charge in [0.1, 0.15) is 11.5 Å². The first-order valence-electron chi connectivity index (χ1n) is 5.22. The van der Waals surface area contributed by atoms with E-state index in [1.807, 2.05) is 0 Å². The fourth-order valence-corrected chi connectivity index (χ4v) is 2.37. The van der Waals surface area contributed by atoms with Gasteiger partial charge in [0.05, 0.1) is 33.8 Å². The lowest BCUT2D eigenvalue weighted by molar-refractivity contribution is 0.408. The van der Waals surface area contributed by atoms with Crippen LogP contribution in [0.2, 0.25) is 0 Å². The van der Waals surface area contributed by atoms with Crippen LogP contribution in [0, 0.1) is 0 Å². The van der Waals surface area contributed by atoms with Gasteiger partial charge in [-0.15, -0.1) is 11.6 Å². The number of nitrogens with zero attached hydrogens (tertiary/aromatic N) is 2. The maximum absolute atomic E-state index is 5.71. The van der Waals surface area contributed by atoms with Crippen molar-refractivity contribution in [1.29, 1.82) is 0 Å². The van der Waals surface area contributed by atoms with Crippen molar-refractivity contribution < 1.29 is 9.47 Å². The van der Waals surface area contributed by atoms with E-state index < -0.39 is 0 Å². The minimum absolute atomic E-state index is 0.289. The second-order valence-corrected chi connectivity index (χ2v) is 5.48. The van der Waals surface area contributed by atoms with Crippen molar-refractivity contribution in [3.63, 3.8) is 0 Å². The summed E-state index contributed by atoms with van der Waals surface area (Å²) in [6.07, 6.45) is 3.12. The lowest BCUT2D eigenvalue weighted by atomic mass is 10.3. The van der Waals surface area contributed by atoms with Gasteiger partial charge in [-0.3, -0.25) is 4.98 Å². The van der Waals surface area contributed by atoms with Gasteiger partial charge < -0.3 is 9.47 Å². The van der Waals surface area contributed by atoms with Gasteiger partial charge in [0, 0.05) is 6.20 Å². The molecule has 0 atom stereocenters. The molecule has 0 aliphatic heterocycles. The van der Waals surface area contributed by atoms with Crippen molar-refractivity contribution >= 4 is 43.5 Å². The van der Waals surface area contributed by atoms with Gasteiger partial charge in [-0.25, -0.2) is 4.98 Å². The third kappa shape index (κ3) is 3.58. The van der Waals surface area contributed by atoms with Crippen LogP contribution < -0.4 is 9.47 Å². The van der Waals surface area contributed by atoms with Crippen LogP contribution >= 0.6 is 43.5 Å². The minimum Gasteiger partial charge on any atom is -0.496 e. The van der Waals surface area contributed by atoms with E-state index in [0.717, 1.165) is 8.95 Å². The average Bonchev–Trinajstić information content (AvgIpc) is 2.42. The number of ether oxygens (including phenoxy) is 2. The van der Waals surface area contributed by atoms with Crippen LogP contribution in [0.15, 0.2) is 33.5 Å². The molecular formula is C12H9Br2ClN2O2. The first-order valence-corrected chi connectivity index (χ1v) is 7.34. The molecule has 2 rings (SSSR count). The Labute approximate surface area is 132 Å². The summed E-state index contributed by atoms with van der Waals surface area (Å²) in [5.41, 5.74) is 0.655. The number of methoxy groups -OCH3 is 1. The maximum atomic E-state index is 5.71. The van der Waals surface area contributed by atoms with Crippen LogP contribution in [-0.2, 0) is 5.88 Å². The molecule has 0 saturated heterocycles. The van der Waals surface area contributed by atoms with E-state index in [1.165, 1.54) is 6.20 Å². The maximum Gasteiger partial charge on any atom is 0.238 e. The average molecular weight is 408 g/mol. The number of halogens is 3. The Hall–Kier alpha value is -0.850. The van der Waals surface area contributed by atoms with E-state index >= 15 is 0 Å². The van der Waals surface area contributed by atoms with Crippen LogP contribution in [0.1, 0.15) is 5.69 Å². The number of hydrogen-bond acceptors (Lipinski definition) is 4. The largest absolute Gasteiger partial charge is 0.496 e. The Morgan fingerprint density at radius 1 is 1.16 bits per heavy atom. The van der Waals surface area contributed by atoms with E-state index in [1.54, 1.807) is 25.4 Å². The number of benzene rings is 1. The Morgan fingerprint density at radius 2 is 1.84 bits per heavy atom. The minimum atomic E-state index is 0.289. The summed E-state index contributed by atoms with van der Waals surface area (Å²) in [6, 6.07) is 3.59. The first-order chi connectivity index (χ1) is 9.13. The van der Waals surface area contributed by atoms with Crippen LogP contribution in [0.5, 0.6) is 17.4 Å². The van der Waals surface area contributed by atoms with Crippen molar-refractivity contribution in [3.8, 4) is 17.4 Å².